The van der Waals surface area contributed by atoms with Crippen LogP contribution in [0.3, 0.4) is 0 Å². The number of nitrogens with zero attached hydrogens (tertiary/aromatic N) is 4. The minimum Gasteiger partial charge on any atom is -0.368 e. The van der Waals surface area contributed by atoms with E-state index >= 15 is 0 Å². The Morgan fingerprint density at radius 1 is 0.814 bits per heavy atom. The summed E-state index contributed by atoms with van der Waals surface area (Å²) in [7, 11) is 1.60. The normalized spacial score (nSPS) is 14.5. The standard InChI is InChI=1S/C45H60N8O6/c1-4-13-33(14-5-2)42(54)48-39(19-11-12-24-46)44(56)50(3)41(29-32-15-7-6-8-16-32)43(55)49-40(30-34-31-47-38-18-10-9-17-37(34)38)45(57)52-27-25-51(26-28-52)35-20-22-36(23-21-35)53(58)59/h6-10,15-18,20-23,31,33,39-41,47H,4-5,11-14,19,24-30,46H2,1-3H3,(H,48,54)(H,49,55). The van der Waals surface area contributed by atoms with Crippen molar-refractivity contribution in [3.8, 4) is 0 Å². The predicted octanol–water partition coefficient (Wildman–Crippen LogP) is 5.35. The van der Waals surface area contributed by atoms with Crippen molar-refractivity contribution < 1.29 is 24.1 Å². The molecule has 1 fully saturated rings. The van der Waals surface area contributed by atoms with Gasteiger partial charge in [-0.25, -0.2) is 0 Å². The Kier molecular flexibility index (Phi) is 16.4. The Balaban J connectivity index is 1.41. The van der Waals surface area contributed by atoms with Gasteiger partial charge in [0.05, 0.1) is 4.92 Å². The largest absolute Gasteiger partial charge is 0.368 e. The number of unbranched alkanes of at least 4 members (excludes halogenated alkanes) is 1. The summed E-state index contributed by atoms with van der Waals surface area (Å²) in [5.41, 5.74) is 9.26. The van der Waals surface area contributed by atoms with Gasteiger partial charge in [0.1, 0.15) is 18.1 Å². The molecule has 5 N–H and O–H groups in total. The quantitative estimate of drug-likeness (QED) is 0.0493. The zero-order valence-corrected chi connectivity index (χ0v) is 34.6. The molecule has 0 saturated carbocycles. The van der Waals surface area contributed by atoms with Crippen LogP contribution in [0.5, 0.6) is 0 Å². The number of H-pyrrole nitrogens is 1. The van der Waals surface area contributed by atoms with E-state index in [1.54, 1.807) is 24.1 Å². The van der Waals surface area contributed by atoms with Gasteiger partial charge < -0.3 is 36.1 Å². The lowest BCUT2D eigenvalue weighted by atomic mass is 9.96. The molecule has 3 unspecified atom stereocenters. The fourth-order valence-electron chi connectivity index (χ4n) is 7.96. The van der Waals surface area contributed by atoms with Gasteiger partial charge in [0.2, 0.25) is 23.6 Å². The Morgan fingerprint density at radius 2 is 1.46 bits per heavy atom. The molecule has 1 aliphatic rings. The monoisotopic (exact) mass is 808 g/mol. The highest BCUT2D eigenvalue weighted by molar-refractivity contribution is 5.95. The minimum atomic E-state index is -1.00. The molecule has 4 aromatic rings. The van der Waals surface area contributed by atoms with Crippen LogP contribution in [0.1, 0.15) is 69.9 Å². The molecule has 1 aliphatic heterocycles. The Hall–Kier alpha value is -5.76. The molecule has 316 valence electrons. The summed E-state index contributed by atoms with van der Waals surface area (Å²) in [6, 6.07) is 20.8. The van der Waals surface area contributed by atoms with Crippen molar-refractivity contribution in [2.75, 3.05) is 44.7 Å². The van der Waals surface area contributed by atoms with Gasteiger partial charge in [0, 0.05) is 86.9 Å². The second-order valence-electron chi connectivity index (χ2n) is 15.5. The maximum Gasteiger partial charge on any atom is 0.269 e. The van der Waals surface area contributed by atoms with Gasteiger partial charge in [0.15, 0.2) is 0 Å². The molecule has 14 nitrogen and oxygen atoms in total. The third-order valence-electron chi connectivity index (χ3n) is 11.3. The van der Waals surface area contributed by atoms with E-state index in [0.717, 1.165) is 53.4 Å². The predicted molar refractivity (Wildman–Crippen MR) is 231 cm³/mol. The number of carbonyl (C=O) groups is 4. The number of nitro benzene ring substituents is 1. The number of benzene rings is 3. The maximum atomic E-state index is 14.7. The number of amides is 4. The lowest BCUT2D eigenvalue weighted by Crippen LogP contribution is -2.60. The average molecular weight is 809 g/mol. The van der Waals surface area contributed by atoms with Crippen LogP contribution >= 0.6 is 0 Å². The lowest BCUT2D eigenvalue weighted by molar-refractivity contribution is -0.384. The smallest absolute Gasteiger partial charge is 0.269 e. The molecule has 5 rings (SSSR count). The fourth-order valence-corrected chi connectivity index (χ4v) is 7.96. The number of hydrogen-bond acceptors (Lipinski definition) is 8. The van der Waals surface area contributed by atoms with Crippen LogP contribution in [0.15, 0.2) is 85.1 Å². The summed E-state index contributed by atoms with van der Waals surface area (Å²) in [4.78, 5) is 76.7. The number of non-ortho nitro benzene ring substituents is 1. The van der Waals surface area contributed by atoms with E-state index in [9.17, 15) is 29.3 Å². The summed E-state index contributed by atoms with van der Waals surface area (Å²) >= 11 is 0. The first-order chi connectivity index (χ1) is 28.5. The van der Waals surface area contributed by atoms with Crippen LogP contribution < -0.4 is 21.3 Å². The second kappa shape index (κ2) is 21.8. The summed E-state index contributed by atoms with van der Waals surface area (Å²) in [6.45, 7) is 6.29. The van der Waals surface area contributed by atoms with Crippen molar-refractivity contribution in [2.24, 2.45) is 11.7 Å². The van der Waals surface area contributed by atoms with Crippen molar-refractivity contribution in [1.82, 2.24) is 25.4 Å². The summed E-state index contributed by atoms with van der Waals surface area (Å²) < 4.78 is 0. The molecule has 2 heterocycles. The Morgan fingerprint density at radius 3 is 2.10 bits per heavy atom. The molecule has 4 amide bonds. The van der Waals surface area contributed by atoms with Crippen molar-refractivity contribution >= 4 is 45.9 Å². The van der Waals surface area contributed by atoms with Crippen LogP contribution in [0.25, 0.3) is 10.9 Å². The highest BCUT2D eigenvalue weighted by Gasteiger charge is 2.36. The maximum absolute atomic E-state index is 14.7. The highest BCUT2D eigenvalue weighted by atomic mass is 16.6. The van der Waals surface area contributed by atoms with E-state index in [4.69, 9.17) is 5.73 Å². The number of piperazine rings is 1. The van der Waals surface area contributed by atoms with Gasteiger partial charge in [0.25, 0.3) is 5.69 Å². The zero-order valence-electron chi connectivity index (χ0n) is 34.6. The van der Waals surface area contributed by atoms with Gasteiger partial charge in [-0.15, -0.1) is 0 Å². The summed E-state index contributed by atoms with van der Waals surface area (Å²) in [5, 5.41) is 18.3. The first kappa shape index (κ1) is 44.3. The van der Waals surface area contributed by atoms with E-state index in [-0.39, 0.29) is 42.2 Å². The molecule has 1 saturated heterocycles. The third kappa shape index (κ3) is 11.9. The van der Waals surface area contributed by atoms with Crippen LogP contribution in [-0.2, 0) is 32.0 Å². The molecule has 0 bridgehead atoms. The molecule has 3 aromatic carbocycles. The number of aromatic nitrogens is 1. The third-order valence-corrected chi connectivity index (χ3v) is 11.3. The SMILES string of the molecule is CCCC(CCC)C(=O)NC(CCCCN)C(=O)N(C)C(Cc1ccccc1)C(=O)NC(Cc1c[nH]c2ccccc12)C(=O)N1CCN(c2ccc([N+](=O)[O-])cc2)CC1. The molecular formula is C45H60N8O6. The number of fused-ring (bicyclic) bond motifs is 1. The number of nitro groups is 1. The van der Waals surface area contributed by atoms with E-state index in [0.29, 0.717) is 52.0 Å². The van der Waals surface area contributed by atoms with Gasteiger partial charge in [-0.2, -0.15) is 0 Å². The lowest BCUT2D eigenvalue weighted by Gasteiger charge is -2.38. The minimum absolute atomic E-state index is 0.01000. The van der Waals surface area contributed by atoms with E-state index < -0.39 is 29.0 Å². The van der Waals surface area contributed by atoms with Crippen molar-refractivity contribution in [3.05, 3.63) is 106 Å². The molecule has 1 aromatic heterocycles. The number of nitrogens with two attached hydrogens (primary N) is 1. The van der Waals surface area contributed by atoms with Gasteiger partial charge in [-0.3, -0.25) is 29.3 Å². The number of para-hydroxylation sites is 1. The molecular weight excluding hydrogens is 749 g/mol. The second-order valence-corrected chi connectivity index (χ2v) is 15.5. The van der Waals surface area contributed by atoms with Gasteiger partial charge >= 0.3 is 0 Å². The van der Waals surface area contributed by atoms with Crippen molar-refractivity contribution in [1.29, 1.82) is 0 Å². The number of hydrogen-bond donors (Lipinski definition) is 4. The molecule has 14 heteroatoms. The molecule has 59 heavy (non-hydrogen) atoms. The van der Waals surface area contributed by atoms with Gasteiger partial charge in [-0.05, 0) is 68.0 Å². The van der Waals surface area contributed by atoms with Crippen molar-refractivity contribution in [2.45, 2.75) is 89.8 Å². The van der Waals surface area contributed by atoms with Crippen LogP contribution in [0.4, 0.5) is 11.4 Å². The fraction of sp³-hybridized carbons (Fsp3) is 0.467. The highest BCUT2D eigenvalue weighted by Crippen LogP contribution is 2.24. The number of nitrogens with one attached hydrogen (secondary N) is 3. The molecule has 0 spiro atoms. The molecule has 0 radical (unpaired) electrons. The number of carbonyl (C=O) groups excluding carboxylic acids is 4. The van der Waals surface area contributed by atoms with Crippen LogP contribution in [0.2, 0.25) is 0 Å². The first-order valence-corrected chi connectivity index (χ1v) is 21.0. The van der Waals surface area contributed by atoms with E-state index in [1.165, 1.54) is 17.0 Å². The molecule has 3 atom stereocenters. The number of rotatable bonds is 21. The van der Waals surface area contributed by atoms with Gasteiger partial charge in [-0.1, -0.05) is 75.2 Å². The Bertz CT molecular complexity index is 1990. The van der Waals surface area contributed by atoms with Crippen molar-refractivity contribution in [3.63, 3.8) is 0 Å². The first-order valence-electron chi connectivity index (χ1n) is 21.0. The Labute approximate surface area is 347 Å². The van der Waals surface area contributed by atoms with Crippen LogP contribution in [0, 0.1) is 16.0 Å². The zero-order chi connectivity index (χ0) is 42.3. The van der Waals surface area contributed by atoms with E-state index in [1.807, 2.05) is 74.6 Å². The van der Waals surface area contributed by atoms with E-state index in [2.05, 4.69) is 20.5 Å². The van der Waals surface area contributed by atoms with Crippen LogP contribution in [-0.4, -0.2) is 101 Å². The average Bonchev–Trinajstić information content (AvgIpc) is 3.67. The summed E-state index contributed by atoms with van der Waals surface area (Å²) in [6.07, 6.45) is 7.08. The molecule has 0 aliphatic carbocycles. The topological polar surface area (TPSA) is 187 Å². The summed E-state index contributed by atoms with van der Waals surface area (Å²) in [5.74, 6) is -1.47. The number of aromatic amines is 1. The number of likely N-dealkylation sites (N-methyl/N-ethyl adjacent to an activating group) is 1. The number of anilines is 1.